The molecule has 3 heteroatoms. The second-order valence-electron chi connectivity index (χ2n) is 3.96. The first-order valence-electron chi connectivity index (χ1n) is 5.94. The molecule has 0 saturated heterocycles. The molecule has 0 heterocycles. The molecule has 15 heavy (non-hydrogen) atoms. The van der Waals surface area contributed by atoms with Crippen molar-refractivity contribution in [3.05, 3.63) is 0 Å². The van der Waals surface area contributed by atoms with Gasteiger partial charge in [0.05, 0.1) is 5.92 Å². The fourth-order valence-corrected chi connectivity index (χ4v) is 1.66. The molecule has 0 radical (unpaired) electrons. The van der Waals surface area contributed by atoms with Crippen molar-refractivity contribution < 1.29 is 13.6 Å². The number of rotatable bonds is 9. The zero-order valence-corrected chi connectivity index (χ0v) is 9.77. The van der Waals surface area contributed by atoms with E-state index in [0.29, 0.717) is 6.42 Å². The maximum absolute atomic E-state index is 12.5. The van der Waals surface area contributed by atoms with Gasteiger partial charge in [-0.3, -0.25) is 4.79 Å². The molecule has 0 aliphatic heterocycles. The van der Waals surface area contributed by atoms with E-state index in [4.69, 9.17) is 0 Å². The summed E-state index contributed by atoms with van der Waals surface area (Å²) in [5, 5.41) is 0. The molecule has 0 aliphatic carbocycles. The number of ketones is 1. The van der Waals surface area contributed by atoms with E-state index in [1.54, 1.807) is 6.92 Å². The van der Waals surface area contributed by atoms with Gasteiger partial charge in [0.25, 0.3) is 0 Å². The number of unbranched alkanes of at least 4 members (excludes halogenated alkanes) is 4. The van der Waals surface area contributed by atoms with Gasteiger partial charge in [0.15, 0.2) is 0 Å². The van der Waals surface area contributed by atoms with Crippen LogP contribution in [0.5, 0.6) is 0 Å². The van der Waals surface area contributed by atoms with Gasteiger partial charge in [-0.05, 0) is 6.42 Å². The highest BCUT2D eigenvalue weighted by atomic mass is 19.3. The van der Waals surface area contributed by atoms with Gasteiger partial charge < -0.3 is 0 Å². The first-order valence-corrected chi connectivity index (χ1v) is 5.94. The highest BCUT2D eigenvalue weighted by Gasteiger charge is 2.25. The molecule has 0 rings (SSSR count). The minimum atomic E-state index is -2.48. The molecule has 0 N–H and O–H groups in total. The quantitative estimate of drug-likeness (QED) is 0.532. The topological polar surface area (TPSA) is 17.1 Å². The van der Waals surface area contributed by atoms with E-state index in [1.807, 2.05) is 0 Å². The number of hydrogen-bond acceptors (Lipinski definition) is 1. The Balaban J connectivity index is 3.72. The molecule has 0 bridgehead atoms. The zero-order valence-electron chi connectivity index (χ0n) is 9.77. The number of carbonyl (C=O) groups is 1. The third kappa shape index (κ3) is 6.58. The fourth-order valence-electron chi connectivity index (χ4n) is 1.66. The number of alkyl halides is 2. The van der Waals surface area contributed by atoms with Gasteiger partial charge in [-0.2, -0.15) is 0 Å². The summed E-state index contributed by atoms with van der Waals surface area (Å²) < 4.78 is 25.0. The van der Waals surface area contributed by atoms with Crippen LogP contribution in [0, 0.1) is 5.92 Å². The maximum Gasteiger partial charge on any atom is 0.248 e. The third-order valence-corrected chi connectivity index (χ3v) is 2.68. The summed E-state index contributed by atoms with van der Waals surface area (Å²) in [4.78, 5) is 11.2. The van der Waals surface area contributed by atoms with Gasteiger partial charge in [-0.15, -0.1) is 0 Å². The van der Waals surface area contributed by atoms with E-state index >= 15 is 0 Å². The second-order valence-corrected chi connectivity index (χ2v) is 3.96. The van der Waals surface area contributed by atoms with Gasteiger partial charge in [-0.1, -0.05) is 46.0 Å². The maximum atomic E-state index is 12.5. The first-order chi connectivity index (χ1) is 7.13. The van der Waals surface area contributed by atoms with Crippen LogP contribution in [0.1, 0.15) is 58.8 Å². The summed E-state index contributed by atoms with van der Waals surface area (Å²) in [6.45, 7) is 3.76. The Hall–Kier alpha value is -0.470. The largest absolute Gasteiger partial charge is 0.299 e. The Labute approximate surface area is 91.2 Å². The monoisotopic (exact) mass is 220 g/mol. The molecule has 0 aromatic rings. The van der Waals surface area contributed by atoms with Crippen molar-refractivity contribution in [2.45, 2.75) is 65.2 Å². The van der Waals surface area contributed by atoms with Gasteiger partial charge in [0, 0.05) is 6.42 Å². The van der Waals surface area contributed by atoms with Crippen LogP contribution >= 0.6 is 0 Å². The van der Waals surface area contributed by atoms with Crippen LogP contribution in [-0.4, -0.2) is 12.2 Å². The zero-order chi connectivity index (χ0) is 11.7. The standard InChI is InChI=1S/C12H22F2O/c1-3-5-6-7-8-9-10(12(13)14)11(15)4-2/h10,12H,3-9H2,1-2H3. The van der Waals surface area contributed by atoms with Crippen molar-refractivity contribution in [1.29, 1.82) is 0 Å². The molecule has 90 valence electrons. The predicted molar refractivity (Wildman–Crippen MR) is 58.2 cm³/mol. The summed E-state index contributed by atoms with van der Waals surface area (Å²) in [5.41, 5.74) is 0. The van der Waals surface area contributed by atoms with Gasteiger partial charge >= 0.3 is 0 Å². The molecule has 0 aromatic heterocycles. The van der Waals surface area contributed by atoms with E-state index in [2.05, 4.69) is 6.92 Å². The van der Waals surface area contributed by atoms with Crippen LogP contribution < -0.4 is 0 Å². The molecule has 0 saturated carbocycles. The van der Waals surface area contributed by atoms with Gasteiger partial charge in [0.2, 0.25) is 6.43 Å². The molecule has 1 unspecified atom stereocenters. The summed E-state index contributed by atoms with van der Waals surface area (Å²) in [5.74, 6) is -1.31. The van der Waals surface area contributed by atoms with E-state index in [0.717, 1.165) is 32.1 Å². The summed E-state index contributed by atoms with van der Waals surface area (Å²) >= 11 is 0. The van der Waals surface area contributed by atoms with E-state index in [9.17, 15) is 13.6 Å². The van der Waals surface area contributed by atoms with Crippen LogP contribution in [-0.2, 0) is 4.79 Å². The number of carbonyl (C=O) groups excluding carboxylic acids is 1. The van der Waals surface area contributed by atoms with Crippen molar-refractivity contribution in [2.75, 3.05) is 0 Å². The lowest BCUT2D eigenvalue weighted by Crippen LogP contribution is -2.21. The van der Waals surface area contributed by atoms with Crippen LogP contribution in [0.3, 0.4) is 0 Å². The smallest absolute Gasteiger partial charge is 0.248 e. The van der Waals surface area contributed by atoms with Crippen LogP contribution in [0.25, 0.3) is 0 Å². The summed E-state index contributed by atoms with van der Waals surface area (Å²) in [6, 6.07) is 0. The lowest BCUT2D eigenvalue weighted by Gasteiger charge is -2.13. The minimum Gasteiger partial charge on any atom is -0.299 e. The van der Waals surface area contributed by atoms with E-state index in [1.165, 1.54) is 0 Å². The van der Waals surface area contributed by atoms with Crippen molar-refractivity contribution >= 4 is 5.78 Å². The Bertz CT molecular complexity index is 169. The molecule has 0 aliphatic rings. The van der Waals surface area contributed by atoms with Crippen LogP contribution in [0.4, 0.5) is 8.78 Å². The molecule has 0 spiro atoms. The number of halogens is 2. The van der Waals surface area contributed by atoms with Gasteiger partial charge in [0.1, 0.15) is 5.78 Å². The molecule has 0 amide bonds. The van der Waals surface area contributed by atoms with Crippen LogP contribution in [0.2, 0.25) is 0 Å². The first kappa shape index (κ1) is 14.5. The van der Waals surface area contributed by atoms with Crippen molar-refractivity contribution in [3.63, 3.8) is 0 Å². The number of Topliss-reactive ketones (excluding diaryl/α,β-unsaturated/α-hetero) is 1. The lowest BCUT2D eigenvalue weighted by atomic mass is 9.95. The van der Waals surface area contributed by atoms with E-state index in [-0.39, 0.29) is 12.2 Å². The molecule has 1 atom stereocenters. The Morgan fingerprint density at radius 3 is 2.13 bits per heavy atom. The SMILES string of the molecule is CCCCCCCC(C(=O)CC)C(F)F. The molecule has 0 aromatic carbocycles. The average Bonchev–Trinajstić information content (AvgIpc) is 2.22. The predicted octanol–water partition coefficient (Wildman–Crippen LogP) is 4.21. The van der Waals surface area contributed by atoms with E-state index < -0.39 is 12.3 Å². The highest BCUT2D eigenvalue weighted by molar-refractivity contribution is 5.81. The average molecular weight is 220 g/mol. The van der Waals surface area contributed by atoms with Crippen molar-refractivity contribution in [3.8, 4) is 0 Å². The minimum absolute atomic E-state index is 0.226. The third-order valence-electron chi connectivity index (χ3n) is 2.68. The normalized spacial score (nSPS) is 13.1. The second kappa shape index (κ2) is 8.81. The lowest BCUT2D eigenvalue weighted by molar-refractivity contribution is -0.127. The molecule has 1 nitrogen and oxygen atoms in total. The Morgan fingerprint density at radius 2 is 1.67 bits per heavy atom. The molecule has 0 fully saturated rings. The number of hydrogen-bond donors (Lipinski definition) is 0. The van der Waals surface area contributed by atoms with Gasteiger partial charge in [-0.25, -0.2) is 8.78 Å². The molecular formula is C12H22F2O. The summed E-state index contributed by atoms with van der Waals surface area (Å²) in [6.07, 6.45) is 3.20. The van der Waals surface area contributed by atoms with Crippen molar-refractivity contribution in [2.24, 2.45) is 5.92 Å². The Morgan fingerprint density at radius 1 is 1.07 bits per heavy atom. The van der Waals surface area contributed by atoms with Crippen LogP contribution in [0.15, 0.2) is 0 Å². The molecular weight excluding hydrogens is 198 g/mol. The summed E-state index contributed by atoms with van der Waals surface area (Å²) in [7, 11) is 0. The Kier molecular flexibility index (Phi) is 8.53. The fraction of sp³-hybridized carbons (Fsp3) is 0.917. The van der Waals surface area contributed by atoms with Crippen molar-refractivity contribution in [1.82, 2.24) is 0 Å². The highest BCUT2D eigenvalue weighted by Crippen LogP contribution is 2.20.